The standard InChI is InChI=1S/C24H32O4/c1-16(2)22(19-7-11-20(25)12-8-19)17(3)18-9-13-21(14-10-18)27-15-28-23(26)24(4,5)6/h7,9-14,16-17,25H,8,15H2,1-6H3. The molecule has 0 spiro atoms. The van der Waals surface area contributed by atoms with Crippen molar-refractivity contribution in [3.05, 3.63) is 65.0 Å². The first kappa shape index (κ1) is 21.8. The van der Waals surface area contributed by atoms with E-state index in [4.69, 9.17) is 9.47 Å². The number of ether oxygens (including phenoxy) is 2. The van der Waals surface area contributed by atoms with E-state index in [1.807, 2.05) is 57.2 Å². The van der Waals surface area contributed by atoms with E-state index in [9.17, 15) is 9.90 Å². The molecule has 152 valence electrons. The van der Waals surface area contributed by atoms with Gasteiger partial charge in [-0.05, 0) is 68.5 Å². The van der Waals surface area contributed by atoms with Gasteiger partial charge in [0, 0.05) is 5.92 Å². The lowest BCUT2D eigenvalue weighted by molar-refractivity contribution is -0.159. The third-order valence-electron chi connectivity index (χ3n) is 4.85. The summed E-state index contributed by atoms with van der Waals surface area (Å²) in [5, 5.41) is 9.59. The van der Waals surface area contributed by atoms with Crippen molar-refractivity contribution >= 4 is 5.97 Å². The topological polar surface area (TPSA) is 55.8 Å². The second kappa shape index (κ2) is 9.13. The van der Waals surface area contributed by atoms with Gasteiger partial charge in [-0.1, -0.05) is 44.6 Å². The maximum absolute atomic E-state index is 11.8. The van der Waals surface area contributed by atoms with E-state index in [-0.39, 0.29) is 18.7 Å². The highest BCUT2D eigenvalue weighted by Crippen LogP contribution is 2.35. The van der Waals surface area contributed by atoms with Crippen LogP contribution >= 0.6 is 0 Å². The number of aliphatic hydroxyl groups is 1. The fraction of sp³-hybridized carbons (Fsp3) is 0.458. The summed E-state index contributed by atoms with van der Waals surface area (Å²) < 4.78 is 10.7. The summed E-state index contributed by atoms with van der Waals surface area (Å²) in [7, 11) is 0. The number of esters is 1. The van der Waals surface area contributed by atoms with E-state index < -0.39 is 5.41 Å². The molecule has 1 atom stereocenters. The number of carbonyl (C=O) groups excluding carboxylic acids is 1. The summed E-state index contributed by atoms with van der Waals surface area (Å²) in [5.74, 6) is 1.36. The third-order valence-corrected chi connectivity index (χ3v) is 4.85. The first-order valence-corrected chi connectivity index (χ1v) is 9.79. The molecule has 2 rings (SSSR count). The minimum Gasteiger partial charge on any atom is -0.508 e. The van der Waals surface area contributed by atoms with Gasteiger partial charge in [0.25, 0.3) is 0 Å². The minimum absolute atomic E-state index is 0.0904. The molecule has 0 fully saturated rings. The van der Waals surface area contributed by atoms with Gasteiger partial charge in [-0.3, -0.25) is 4.79 Å². The summed E-state index contributed by atoms with van der Waals surface area (Å²) in [4.78, 5) is 11.8. The lowest BCUT2D eigenvalue weighted by Crippen LogP contribution is -2.24. The Bertz CT molecular complexity index is 774. The summed E-state index contributed by atoms with van der Waals surface area (Å²) in [6.07, 6.45) is 6.37. The molecule has 1 aliphatic rings. The number of hydrogen-bond acceptors (Lipinski definition) is 4. The Kier molecular flexibility index (Phi) is 7.11. The predicted octanol–water partition coefficient (Wildman–Crippen LogP) is 6.07. The van der Waals surface area contributed by atoms with Gasteiger partial charge >= 0.3 is 5.97 Å². The number of carbonyl (C=O) groups is 1. The van der Waals surface area contributed by atoms with Gasteiger partial charge < -0.3 is 14.6 Å². The summed E-state index contributed by atoms with van der Waals surface area (Å²) in [6, 6.07) is 7.91. The molecule has 0 saturated heterocycles. The average molecular weight is 385 g/mol. The molecule has 4 heteroatoms. The first-order chi connectivity index (χ1) is 13.1. The molecule has 0 heterocycles. The van der Waals surface area contributed by atoms with Crippen molar-refractivity contribution in [3.63, 3.8) is 0 Å². The molecule has 1 aromatic rings. The van der Waals surface area contributed by atoms with E-state index in [1.165, 1.54) is 16.7 Å². The van der Waals surface area contributed by atoms with Crippen molar-refractivity contribution in [2.24, 2.45) is 11.3 Å². The van der Waals surface area contributed by atoms with E-state index in [0.29, 0.717) is 17.4 Å². The Morgan fingerprint density at radius 2 is 1.75 bits per heavy atom. The van der Waals surface area contributed by atoms with Crippen molar-refractivity contribution < 1.29 is 19.4 Å². The van der Waals surface area contributed by atoms with Crippen LogP contribution in [0.25, 0.3) is 0 Å². The van der Waals surface area contributed by atoms with Crippen LogP contribution in [0.5, 0.6) is 5.75 Å². The Balaban J connectivity index is 2.06. The normalized spacial score (nSPS) is 17.2. The Morgan fingerprint density at radius 3 is 2.25 bits per heavy atom. The number of benzene rings is 1. The van der Waals surface area contributed by atoms with E-state index in [1.54, 1.807) is 6.08 Å². The van der Waals surface area contributed by atoms with E-state index >= 15 is 0 Å². The second-order valence-corrected chi connectivity index (χ2v) is 8.54. The SMILES string of the molecule is CC(C)C(=C1C=CC(O)=CC1)C(C)c1ccc(OCOC(=O)C(C)(C)C)cc1. The molecule has 28 heavy (non-hydrogen) atoms. The molecule has 4 nitrogen and oxygen atoms in total. The lowest BCUT2D eigenvalue weighted by atomic mass is 9.81. The number of rotatable bonds is 6. The fourth-order valence-electron chi connectivity index (χ4n) is 3.30. The van der Waals surface area contributed by atoms with Crippen LogP contribution < -0.4 is 4.74 Å². The molecule has 0 bridgehead atoms. The molecule has 0 aromatic heterocycles. The molecule has 1 aromatic carbocycles. The largest absolute Gasteiger partial charge is 0.508 e. The average Bonchev–Trinajstić information content (AvgIpc) is 2.63. The van der Waals surface area contributed by atoms with Crippen LogP contribution in [-0.2, 0) is 9.53 Å². The van der Waals surface area contributed by atoms with Gasteiger partial charge in [-0.25, -0.2) is 0 Å². The zero-order chi connectivity index (χ0) is 20.9. The number of allylic oxidation sites excluding steroid dienone is 5. The van der Waals surface area contributed by atoms with E-state index in [2.05, 4.69) is 20.8 Å². The minimum atomic E-state index is -0.539. The van der Waals surface area contributed by atoms with Gasteiger partial charge in [-0.2, -0.15) is 0 Å². The maximum atomic E-state index is 11.8. The van der Waals surface area contributed by atoms with Crippen molar-refractivity contribution in [1.29, 1.82) is 0 Å². The Labute approximate surface area is 168 Å². The van der Waals surface area contributed by atoms with Crippen LogP contribution in [0.3, 0.4) is 0 Å². The quantitative estimate of drug-likeness (QED) is 0.478. The van der Waals surface area contributed by atoms with Crippen LogP contribution in [0.15, 0.2) is 59.4 Å². The summed E-state index contributed by atoms with van der Waals surface area (Å²) in [5.41, 5.74) is 3.29. The highest BCUT2D eigenvalue weighted by atomic mass is 16.7. The second-order valence-electron chi connectivity index (χ2n) is 8.54. The molecule has 1 N–H and O–H groups in total. The summed E-state index contributed by atoms with van der Waals surface area (Å²) in [6.45, 7) is 11.9. The third kappa shape index (κ3) is 5.75. The molecule has 0 aliphatic heterocycles. The Morgan fingerprint density at radius 1 is 1.11 bits per heavy atom. The van der Waals surface area contributed by atoms with Crippen molar-refractivity contribution in [1.82, 2.24) is 0 Å². The lowest BCUT2D eigenvalue weighted by Gasteiger charge is -2.24. The van der Waals surface area contributed by atoms with Crippen LogP contribution in [0.4, 0.5) is 0 Å². The first-order valence-electron chi connectivity index (χ1n) is 9.79. The zero-order valence-electron chi connectivity index (χ0n) is 17.8. The smallest absolute Gasteiger partial charge is 0.314 e. The van der Waals surface area contributed by atoms with Crippen LogP contribution in [0, 0.1) is 11.3 Å². The monoisotopic (exact) mass is 384 g/mol. The predicted molar refractivity (Wildman–Crippen MR) is 112 cm³/mol. The van der Waals surface area contributed by atoms with Crippen LogP contribution in [0.1, 0.15) is 59.4 Å². The van der Waals surface area contributed by atoms with Crippen molar-refractivity contribution in [2.45, 2.75) is 53.9 Å². The molecule has 0 amide bonds. The highest BCUT2D eigenvalue weighted by Gasteiger charge is 2.23. The number of aliphatic hydroxyl groups excluding tert-OH is 1. The molecular weight excluding hydrogens is 352 g/mol. The zero-order valence-corrected chi connectivity index (χ0v) is 17.8. The number of hydrogen-bond donors (Lipinski definition) is 1. The summed E-state index contributed by atoms with van der Waals surface area (Å²) >= 11 is 0. The molecule has 0 radical (unpaired) electrons. The highest BCUT2D eigenvalue weighted by molar-refractivity contribution is 5.75. The van der Waals surface area contributed by atoms with E-state index in [0.717, 1.165) is 6.42 Å². The van der Waals surface area contributed by atoms with Gasteiger partial charge in [-0.15, -0.1) is 0 Å². The van der Waals surface area contributed by atoms with Gasteiger partial charge in [0.2, 0.25) is 6.79 Å². The molecular formula is C24H32O4. The van der Waals surface area contributed by atoms with Crippen LogP contribution in [-0.4, -0.2) is 17.9 Å². The van der Waals surface area contributed by atoms with Gasteiger partial charge in [0.05, 0.1) is 5.41 Å². The maximum Gasteiger partial charge on any atom is 0.314 e. The van der Waals surface area contributed by atoms with Gasteiger partial charge in [0.15, 0.2) is 0 Å². The van der Waals surface area contributed by atoms with Crippen molar-refractivity contribution in [3.8, 4) is 5.75 Å². The molecule has 0 saturated carbocycles. The van der Waals surface area contributed by atoms with Crippen LogP contribution in [0.2, 0.25) is 0 Å². The Hall–Kier alpha value is -2.49. The van der Waals surface area contributed by atoms with Crippen molar-refractivity contribution in [2.75, 3.05) is 6.79 Å². The molecule has 1 aliphatic carbocycles. The molecule has 1 unspecified atom stereocenters. The van der Waals surface area contributed by atoms with Gasteiger partial charge in [0.1, 0.15) is 11.5 Å². The fourth-order valence-corrected chi connectivity index (χ4v) is 3.30.